The van der Waals surface area contributed by atoms with Gasteiger partial charge in [0, 0.05) is 65.2 Å². The van der Waals surface area contributed by atoms with E-state index in [2.05, 4.69) is 136 Å². The predicted molar refractivity (Wildman–Crippen MR) is 199 cm³/mol. The third-order valence-corrected chi connectivity index (χ3v) is 9.47. The minimum atomic E-state index is 0.440. The molecule has 11 heteroatoms. The quantitative estimate of drug-likeness (QED) is 0.170. The molecular formula is C36H59N9S2. The molecule has 0 saturated heterocycles. The molecule has 1 aliphatic carbocycles. The molecule has 1 saturated carbocycles. The fraction of sp³-hybridized carbons (Fsp3) is 0.611. The smallest absolute Gasteiger partial charge is 0.153 e. The maximum atomic E-state index is 4.38. The van der Waals surface area contributed by atoms with Crippen LogP contribution in [0.4, 0.5) is 0 Å². The Hall–Kier alpha value is -3.18. The van der Waals surface area contributed by atoms with Crippen molar-refractivity contribution in [3.8, 4) is 0 Å². The van der Waals surface area contributed by atoms with Gasteiger partial charge >= 0.3 is 0 Å². The van der Waals surface area contributed by atoms with E-state index in [0.717, 1.165) is 18.1 Å². The second-order valence-electron chi connectivity index (χ2n) is 13.3. The van der Waals surface area contributed by atoms with Gasteiger partial charge in [-0.25, -0.2) is 15.0 Å². The summed E-state index contributed by atoms with van der Waals surface area (Å²) in [6.45, 7) is 26.8. The molecule has 6 rings (SSSR count). The first-order chi connectivity index (χ1) is 22.2. The van der Waals surface area contributed by atoms with E-state index in [1.807, 2.05) is 53.5 Å². The average molecular weight is 682 g/mol. The van der Waals surface area contributed by atoms with Gasteiger partial charge in [0.2, 0.25) is 0 Å². The summed E-state index contributed by atoms with van der Waals surface area (Å²) >= 11 is 3.62. The van der Waals surface area contributed by atoms with E-state index >= 15 is 0 Å². The third kappa shape index (κ3) is 15.1. The van der Waals surface area contributed by atoms with Crippen LogP contribution < -0.4 is 0 Å². The van der Waals surface area contributed by atoms with Crippen molar-refractivity contribution in [1.82, 2.24) is 44.3 Å². The second kappa shape index (κ2) is 20.2. The topological polar surface area (TPSA) is 92.1 Å². The maximum absolute atomic E-state index is 4.38. The van der Waals surface area contributed by atoms with Crippen molar-refractivity contribution in [1.29, 1.82) is 0 Å². The van der Waals surface area contributed by atoms with Crippen molar-refractivity contribution in [2.45, 2.75) is 138 Å². The van der Waals surface area contributed by atoms with Crippen LogP contribution in [0.3, 0.4) is 0 Å². The van der Waals surface area contributed by atoms with Crippen molar-refractivity contribution in [2.75, 3.05) is 0 Å². The minimum Gasteiger partial charge on any atom is -0.337 e. The third-order valence-electron chi connectivity index (χ3n) is 7.10. The Balaban J connectivity index is 0.000000205. The van der Waals surface area contributed by atoms with E-state index in [4.69, 9.17) is 0 Å². The summed E-state index contributed by atoms with van der Waals surface area (Å²) in [5, 5.41) is 15.3. The maximum Gasteiger partial charge on any atom is 0.153 e. The molecule has 0 atom stereocenters. The van der Waals surface area contributed by atoms with Crippen LogP contribution in [0.5, 0.6) is 0 Å². The fourth-order valence-corrected chi connectivity index (χ4v) is 5.36. The highest BCUT2D eigenvalue weighted by molar-refractivity contribution is 7.12. The number of rotatable bonds is 7. The van der Waals surface area contributed by atoms with Crippen LogP contribution >= 0.6 is 22.7 Å². The number of aryl methyl sites for hydroxylation is 3. The zero-order valence-electron chi connectivity index (χ0n) is 31.0. The van der Waals surface area contributed by atoms with E-state index in [-0.39, 0.29) is 0 Å². The van der Waals surface area contributed by atoms with Crippen molar-refractivity contribution in [3.63, 3.8) is 0 Å². The summed E-state index contributed by atoms with van der Waals surface area (Å²) in [4.78, 5) is 15.5. The van der Waals surface area contributed by atoms with E-state index in [9.17, 15) is 0 Å². The van der Waals surface area contributed by atoms with Crippen LogP contribution in [0.1, 0.15) is 157 Å². The summed E-state index contributed by atoms with van der Waals surface area (Å²) in [7, 11) is 1.87. The standard InChI is InChI=1S/C8H13N3.C8H14N2.C8H12S.C6H11N3.C6H9NS/c1-6(2)11-5-9-8(10-11)7-3-4-7;1-4-10-5-8(7(2)3)9-6-10;1-6(2)8-5-4-7(3)9-8;1-5(2)6-4-9(3)8-7-6;1-5(2)6-7-3-4-8-6/h5-7H,3-4H2,1-2H3;5-7H,4H2,1-3H3;4-6H,1-3H3;4-5H,1-3H3;3-5H,1-2H3. The Morgan fingerprint density at radius 1 is 0.809 bits per heavy atom. The Morgan fingerprint density at radius 3 is 1.79 bits per heavy atom. The number of nitrogens with zero attached hydrogens (tertiary/aromatic N) is 9. The number of hydrogen-bond donors (Lipinski definition) is 0. The van der Waals surface area contributed by atoms with Crippen LogP contribution in [-0.4, -0.2) is 44.3 Å². The molecule has 0 radical (unpaired) electrons. The Morgan fingerprint density at radius 2 is 1.49 bits per heavy atom. The second-order valence-corrected chi connectivity index (χ2v) is 15.6. The minimum absolute atomic E-state index is 0.440. The molecule has 0 spiro atoms. The van der Waals surface area contributed by atoms with Gasteiger partial charge in [0.25, 0.3) is 0 Å². The molecule has 0 amide bonds. The number of imidazole rings is 1. The van der Waals surface area contributed by atoms with Crippen LogP contribution in [-0.2, 0) is 13.6 Å². The first-order valence-corrected chi connectivity index (χ1v) is 18.7. The molecule has 9 nitrogen and oxygen atoms in total. The van der Waals surface area contributed by atoms with E-state index in [1.54, 1.807) is 16.0 Å². The molecular weight excluding hydrogens is 623 g/mol. The molecule has 260 valence electrons. The number of thiazole rings is 1. The van der Waals surface area contributed by atoms with Gasteiger partial charge in [0.15, 0.2) is 5.82 Å². The van der Waals surface area contributed by atoms with Crippen LogP contribution in [0.25, 0.3) is 0 Å². The van der Waals surface area contributed by atoms with Gasteiger partial charge in [0.05, 0.1) is 22.7 Å². The van der Waals surface area contributed by atoms with Crippen molar-refractivity contribution >= 4 is 22.7 Å². The molecule has 0 unspecified atom stereocenters. The number of hydrogen-bond acceptors (Lipinski definition) is 8. The molecule has 0 N–H and O–H groups in total. The highest BCUT2D eigenvalue weighted by Gasteiger charge is 2.27. The summed E-state index contributed by atoms with van der Waals surface area (Å²) < 4.78 is 5.73. The Labute approximate surface area is 291 Å². The summed E-state index contributed by atoms with van der Waals surface area (Å²) in [6, 6.07) is 4.83. The summed E-state index contributed by atoms with van der Waals surface area (Å²) in [6.07, 6.45) is 12.2. The Bertz CT molecular complexity index is 1440. The van der Waals surface area contributed by atoms with Gasteiger partial charge in [-0.15, -0.1) is 27.8 Å². The lowest BCUT2D eigenvalue weighted by Crippen LogP contribution is -2.01. The molecule has 0 aliphatic heterocycles. The van der Waals surface area contributed by atoms with Gasteiger partial charge < -0.3 is 4.57 Å². The lowest BCUT2D eigenvalue weighted by Gasteiger charge is -2.01. The highest BCUT2D eigenvalue weighted by Crippen LogP contribution is 2.37. The lowest BCUT2D eigenvalue weighted by atomic mass is 10.2. The van der Waals surface area contributed by atoms with Gasteiger partial charge in [-0.1, -0.05) is 60.6 Å². The van der Waals surface area contributed by atoms with Crippen LogP contribution in [0.2, 0.25) is 0 Å². The van der Waals surface area contributed by atoms with Crippen molar-refractivity contribution < 1.29 is 0 Å². The van der Waals surface area contributed by atoms with E-state index in [0.29, 0.717) is 35.6 Å². The molecule has 1 aliphatic rings. The van der Waals surface area contributed by atoms with Crippen LogP contribution in [0, 0.1) is 6.92 Å². The number of thiophene rings is 1. The zero-order valence-corrected chi connectivity index (χ0v) is 32.7. The van der Waals surface area contributed by atoms with Crippen LogP contribution in [0.15, 0.2) is 48.8 Å². The highest BCUT2D eigenvalue weighted by atomic mass is 32.1. The predicted octanol–water partition coefficient (Wildman–Crippen LogP) is 10.1. The lowest BCUT2D eigenvalue weighted by molar-refractivity contribution is 0.526. The summed E-state index contributed by atoms with van der Waals surface area (Å²) in [5.74, 6) is 4.04. The van der Waals surface area contributed by atoms with Gasteiger partial charge in [-0.3, -0.25) is 9.36 Å². The summed E-state index contributed by atoms with van der Waals surface area (Å²) in [5.41, 5.74) is 2.24. The van der Waals surface area contributed by atoms with Crippen molar-refractivity contribution in [2.24, 2.45) is 7.05 Å². The Kier molecular flexibility index (Phi) is 17.2. The van der Waals surface area contributed by atoms with Gasteiger partial charge in [-0.2, -0.15) is 5.10 Å². The molecule has 1 fully saturated rings. The molecule has 5 aromatic heterocycles. The first kappa shape index (κ1) is 40.0. The monoisotopic (exact) mass is 681 g/mol. The average Bonchev–Trinajstić information content (AvgIpc) is 3.65. The van der Waals surface area contributed by atoms with Gasteiger partial charge in [0.1, 0.15) is 6.33 Å². The first-order valence-electron chi connectivity index (χ1n) is 17.0. The number of aromatic nitrogens is 9. The van der Waals surface area contributed by atoms with E-state index in [1.165, 1.54) is 33.3 Å². The fourth-order valence-electron chi connectivity index (χ4n) is 3.83. The largest absolute Gasteiger partial charge is 0.337 e. The molecule has 0 bridgehead atoms. The molecule has 47 heavy (non-hydrogen) atoms. The van der Waals surface area contributed by atoms with E-state index < -0.39 is 0 Å². The molecule has 5 aromatic rings. The normalized spacial score (nSPS) is 12.3. The molecule has 5 heterocycles. The molecule has 0 aromatic carbocycles. The van der Waals surface area contributed by atoms with Gasteiger partial charge in [-0.05, 0) is 70.4 Å². The zero-order chi connectivity index (χ0) is 35.1. The van der Waals surface area contributed by atoms with Crippen molar-refractivity contribution in [3.05, 3.63) is 80.7 Å². The SMILES string of the molecule is CC(C)c1cn(C)nn1.CC(C)c1nccs1.CC(C)n1cnc(C2CC2)n1.CCn1cnc(C(C)C)c1.Cc1ccc(C(C)C)s1.